The number of likely N-dealkylation sites (N-methyl/N-ethyl adjacent to an activating group) is 1. The minimum absolute atomic E-state index is 0.142. The van der Waals surface area contributed by atoms with Crippen LogP contribution in [0.1, 0.15) is 37.8 Å². The second kappa shape index (κ2) is 9.08. The Kier molecular flexibility index (Phi) is 7.72. The van der Waals surface area contributed by atoms with Crippen LogP contribution in [-0.2, 0) is 16.1 Å². The maximum Gasteiger partial charge on any atom is 0.0785 e. The molecular weight excluding hydrogens is 238 g/mol. The minimum atomic E-state index is 0.142. The average Bonchev–Trinajstić information content (AvgIpc) is 2.43. The molecule has 3 heteroatoms. The third-order valence-electron chi connectivity index (χ3n) is 3.15. The zero-order valence-electron chi connectivity index (χ0n) is 12.6. The van der Waals surface area contributed by atoms with E-state index in [-0.39, 0.29) is 6.10 Å². The molecule has 0 heterocycles. The molecule has 0 aliphatic heterocycles. The van der Waals surface area contributed by atoms with Crippen molar-refractivity contribution >= 4 is 0 Å². The summed E-state index contributed by atoms with van der Waals surface area (Å²) in [5, 5.41) is 3.20. The van der Waals surface area contributed by atoms with Gasteiger partial charge in [0, 0.05) is 13.2 Å². The molecule has 0 saturated heterocycles. The Bertz CT molecular complexity index is 337. The van der Waals surface area contributed by atoms with E-state index in [1.165, 1.54) is 11.1 Å². The number of nitrogens with one attached hydrogen (secondary N) is 1. The number of rotatable bonds is 9. The zero-order valence-corrected chi connectivity index (χ0v) is 12.6. The molecule has 1 rings (SSSR count). The summed E-state index contributed by atoms with van der Waals surface area (Å²) < 4.78 is 11.1. The zero-order chi connectivity index (χ0) is 14.1. The molecule has 2 unspecified atom stereocenters. The predicted molar refractivity (Wildman–Crippen MR) is 79.5 cm³/mol. The van der Waals surface area contributed by atoms with Crippen molar-refractivity contribution in [2.45, 2.75) is 39.4 Å². The molecule has 0 spiro atoms. The molecule has 3 nitrogen and oxygen atoms in total. The number of ether oxygens (including phenoxy) is 2. The summed E-state index contributed by atoms with van der Waals surface area (Å²) in [5.41, 5.74) is 2.57. The van der Waals surface area contributed by atoms with Crippen molar-refractivity contribution in [2.75, 3.05) is 26.8 Å². The molecule has 19 heavy (non-hydrogen) atoms. The first-order chi connectivity index (χ1) is 9.17. The van der Waals surface area contributed by atoms with Crippen molar-refractivity contribution in [3.63, 3.8) is 0 Å². The molecule has 1 aromatic carbocycles. The van der Waals surface area contributed by atoms with Gasteiger partial charge in [0.2, 0.25) is 0 Å². The van der Waals surface area contributed by atoms with Crippen LogP contribution in [0.4, 0.5) is 0 Å². The summed E-state index contributed by atoms with van der Waals surface area (Å²) in [6.45, 7) is 9.32. The van der Waals surface area contributed by atoms with Gasteiger partial charge in [0.15, 0.2) is 0 Å². The fourth-order valence-corrected chi connectivity index (χ4v) is 1.94. The van der Waals surface area contributed by atoms with E-state index in [0.29, 0.717) is 19.1 Å². The molecule has 1 N–H and O–H groups in total. The van der Waals surface area contributed by atoms with Crippen molar-refractivity contribution in [3.05, 3.63) is 35.4 Å². The van der Waals surface area contributed by atoms with Crippen LogP contribution in [0.3, 0.4) is 0 Å². The summed E-state index contributed by atoms with van der Waals surface area (Å²) in [6, 6.07) is 8.67. The molecule has 2 atom stereocenters. The van der Waals surface area contributed by atoms with Crippen LogP contribution in [0.2, 0.25) is 0 Å². The fraction of sp³-hybridized carbons (Fsp3) is 0.625. The fourth-order valence-electron chi connectivity index (χ4n) is 1.94. The Labute approximate surface area is 117 Å². The van der Waals surface area contributed by atoms with E-state index < -0.39 is 0 Å². The van der Waals surface area contributed by atoms with Gasteiger partial charge in [-0.05, 0) is 37.9 Å². The first-order valence-corrected chi connectivity index (χ1v) is 7.10. The number of benzene rings is 1. The van der Waals surface area contributed by atoms with Crippen LogP contribution in [-0.4, -0.2) is 32.9 Å². The Morgan fingerprint density at radius 2 is 1.84 bits per heavy atom. The van der Waals surface area contributed by atoms with Crippen LogP contribution in [0.5, 0.6) is 0 Å². The van der Waals surface area contributed by atoms with Crippen molar-refractivity contribution in [1.29, 1.82) is 0 Å². The van der Waals surface area contributed by atoms with Crippen LogP contribution < -0.4 is 5.32 Å². The molecule has 0 amide bonds. The van der Waals surface area contributed by atoms with Gasteiger partial charge in [-0.25, -0.2) is 0 Å². The lowest BCUT2D eigenvalue weighted by Crippen LogP contribution is -2.16. The molecule has 0 radical (unpaired) electrons. The number of hydrogen-bond donors (Lipinski definition) is 1. The average molecular weight is 265 g/mol. The third kappa shape index (κ3) is 6.19. The van der Waals surface area contributed by atoms with E-state index in [0.717, 1.165) is 13.2 Å². The molecule has 0 aliphatic carbocycles. The van der Waals surface area contributed by atoms with E-state index in [4.69, 9.17) is 9.47 Å². The number of hydrogen-bond acceptors (Lipinski definition) is 3. The summed E-state index contributed by atoms with van der Waals surface area (Å²) in [4.78, 5) is 0. The molecule has 1 aromatic rings. The lowest BCUT2D eigenvalue weighted by Gasteiger charge is -2.14. The summed E-state index contributed by atoms with van der Waals surface area (Å²) in [6.07, 6.45) is 0.142. The molecule has 0 saturated carbocycles. The van der Waals surface area contributed by atoms with Gasteiger partial charge in [0.25, 0.3) is 0 Å². The highest BCUT2D eigenvalue weighted by molar-refractivity contribution is 5.24. The van der Waals surface area contributed by atoms with Crippen molar-refractivity contribution < 1.29 is 9.47 Å². The molecule has 0 fully saturated rings. The Hall–Kier alpha value is -0.900. The highest BCUT2D eigenvalue weighted by atomic mass is 16.5. The summed E-state index contributed by atoms with van der Waals surface area (Å²) in [7, 11) is 1.98. The maximum absolute atomic E-state index is 5.74. The van der Waals surface area contributed by atoms with Crippen molar-refractivity contribution in [1.82, 2.24) is 5.32 Å². The Morgan fingerprint density at radius 3 is 2.42 bits per heavy atom. The van der Waals surface area contributed by atoms with Crippen molar-refractivity contribution in [2.24, 2.45) is 0 Å². The second-order valence-electron chi connectivity index (χ2n) is 4.98. The van der Waals surface area contributed by atoms with Crippen LogP contribution >= 0.6 is 0 Å². The quantitative estimate of drug-likeness (QED) is 0.744. The van der Waals surface area contributed by atoms with Crippen LogP contribution in [0.25, 0.3) is 0 Å². The van der Waals surface area contributed by atoms with Crippen molar-refractivity contribution in [3.8, 4) is 0 Å². The second-order valence-corrected chi connectivity index (χ2v) is 4.98. The molecule has 0 aliphatic rings. The van der Waals surface area contributed by atoms with Gasteiger partial charge in [-0.2, -0.15) is 0 Å². The minimum Gasteiger partial charge on any atom is -0.379 e. The first kappa shape index (κ1) is 16.2. The smallest absolute Gasteiger partial charge is 0.0785 e. The van der Waals surface area contributed by atoms with E-state index in [1.54, 1.807) is 0 Å². The lowest BCUT2D eigenvalue weighted by atomic mass is 10.00. The Morgan fingerprint density at radius 1 is 1.16 bits per heavy atom. The topological polar surface area (TPSA) is 30.5 Å². The van der Waals surface area contributed by atoms with Crippen LogP contribution in [0.15, 0.2) is 24.3 Å². The van der Waals surface area contributed by atoms with E-state index >= 15 is 0 Å². The summed E-state index contributed by atoms with van der Waals surface area (Å²) >= 11 is 0. The van der Waals surface area contributed by atoms with E-state index in [1.807, 2.05) is 20.9 Å². The highest BCUT2D eigenvalue weighted by Gasteiger charge is 2.05. The highest BCUT2D eigenvalue weighted by Crippen LogP contribution is 2.15. The predicted octanol–water partition coefficient (Wildman–Crippen LogP) is 2.95. The van der Waals surface area contributed by atoms with Crippen LogP contribution in [0, 0.1) is 0 Å². The van der Waals surface area contributed by atoms with Gasteiger partial charge in [0.05, 0.1) is 19.3 Å². The first-order valence-electron chi connectivity index (χ1n) is 7.10. The lowest BCUT2D eigenvalue weighted by molar-refractivity contribution is -0.0116. The molecule has 0 bridgehead atoms. The SMILES string of the molecule is CCOCC(C)OCc1ccc(C(C)CNC)cc1. The molecular formula is C16H27NO2. The molecule has 108 valence electrons. The van der Waals surface area contributed by atoms with Gasteiger partial charge in [-0.15, -0.1) is 0 Å². The Balaban J connectivity index is 2.39. The molecule has 0 aromatic heterocycles. The normalized spacial score (nSPS) is 14.3. The standard InChI is InChI=1S/C16H27NO2/c1-5-18-11-14(3)19-12-15-6-8-16(9-7-15)13(2)10-17-4/h6-9,13-14,17H,5,10-12H2,1-4H3. The van der Waals surface area contributed by atoms with E-state index in [2.05, 4.69) is 36.5 Å². The van der Waals surface area contributed by atoms with Gasteiger partial charge in [0.1, 0.15) is 0 Å². The monoisotopic (exact) mass is 265 g/mol. The van der Waals surface area contributed by atoms with E-state index in [9.17, 15) is 0 Å². The van der Waals surface area contributed by atoms with Gasteiger partial charge in [-0.1, -0.05) is 31.2 Å². The largest absolute Gasteiger partial charge is 0.379 e. The van der Waals surface area contributed by atoms with Gasteiger partial charge >= 0.3 is 0 Å². The maximum atomic E-state index is 5.74. The van der Waals surface area contributed by atoms with Gasteiger partial charge < -0.3 is 14.8 Å². The third-order valence-corrected chi connectivity index (χ3v) is 3.15. The van der Waals surface area contributed by atoms with Gasteiger partial charge in [-0.3, -0.25) is 0 Å². The summed E-state index contributed by atoms with van der Waals surface area (Å²) in [5.74, 6) is 0.539.